The Labute approximate surface area is 80.8 Å². The van der Waals surface area contributed by atoms with Crippen molar-refractivity contribution in [3.05, 3.63) is 21.7 Å². The molecule has 2 N–H and O–H groups in total. The fraction of sp³-hybridized carbons (Fsp3) is 0.333. The van der Waals surface area contributed by atoms with Crippen molar-refractivity contribution in [1.82, 2.24) is 0 Å². The van der Waals surface area contributed by atoms with Gasteiger partial charge in [-0.3, -0.25) is 0 Å². The highest BCUT2D eigenvalue weighted by atomic mass is 79.9. The second-order valence-corrected chi connectivity index (χ2v) is 3.58. The van der Waals surface area contributed by atoms with E-state index in [1.807, 2.05) is 19.9 Å². The zero-order valence-electron chi connectivity index (χ0n) is 7.44. The van der Waals surface area contributed by atoms with Crippen molar-refractivity contribution in [2.75, 3.05) is 12.8 Å². The summed E-state index contributed by atoms with van der Waals surface area (Å²) in [4.78, 5) is 0. The molecule has 0 unspecified atom stereocenters. The average Bonchev–Trinajstić information content (AvgIpc) is 2.08. The summed E-state index contributed by atoms with van der Waals surface area (Å²) in [5.74, 6) is 0.869. The molecule has 0 aliphatic rings. The number of nitrogen functional groups attached to an aromatic ring is 1. The summed E-state index contributed by atoms with van der Waals surface area (Å²) >= 11 is 3.37. The van der Waals surface area contributed by atoms with Crippen LogP contribution in [0, 0.1) is 13.8 Å². The molecule has 1 aromatic rings. The van der Waals surface area contributed by atoms with Crippen LogP contribution in [-0.2, 0) is 0 Å². The highest BCUT2D eigenvalue weighted by molar-refractivity contribution is 9.10. The number of hydrogen-bond acceptors (Lipinski definition) is 2. The molecule has 1 rings (SSSR count). The second-order valence-electron chi connectivity index (χ2n) is 2.72. The maximum absolute atomic E-state index is 5.80. The zero-order chi connectivity index (χ0) is 9.30. The molecule has 0 bridgehead atoms. The number of hydrogen-bond donors (Lipinski definition) is 1. The number of methoxy groups -OCH3 is 1. The van der Waals surface area contributed by atoms with Crippen LogP contribution in [0.4, 0.5) is 5.69 Å². The van der Waals surface area contributed by atoms with E-state index < -0.39 is 0 Å². The standard InChI is InChI=1S/C9H12BrNO/c1-5-6(2)9(11)7(10)4-8(5)12-3/h4H,11H2,1-3H3. The van der Waals surface area contributed by atoms with Gasteiger partial charge in [0.1, 0.15) is 5.75 Å². The summed E-state index contributed by atoms with van der Waals surface area (Å²) in [5, 5.41) is 0. The van der Waals surface area contributed by atoms with E-state index in [2.05, 4.69) is 15.9 Å². The van der Waals surface area contributed by atoms with Crippen LogP contribution < -0.4 is 10.5 Å². The molecule has 0 aliphatic heterocycles. The Morgan fingerprint density at radius 3 is 2.42 bits per heavy atom. The van der Waals surface area contributed by atoms with Gasteiger partial charge in [-0.15, -0.1) is 0 Å². The van der Waals surface area contributed by atoms with Crippen LogP contribution in [0.25, 0.3) is 0 Å². The predicted molar refractivity (Wildman–Crippen MR) is 54.6 cm³/mol. The molecule has 3 heteroatoms. The van der Waals surface area contributed by atoms with Gasteiger partial charge >= 0.3 is 0 Å². The van der Waals surface area contributed by atoms with E-state index in [0.29, 0.717) is 0 Å². The van der Waals surface area contributed by atoms with Crippen LogP contribution >= 0.6 is 15.9 Å². The molecule has 1 aromatic carbocycles. The van der Waals surface area contributed by atoms with Gasteiger partial charge in [0.05, 0.1) is 7.11 Å². The lowest BCUT2D eigenvalue weighted by Crippen LogP contribution is -1.97. The number of benzene rings is 1. The van der Waals surface area contributed by atoms with E-state index in [4.69, 9.17) is 10.5 Å². The third kappa shape index (κ3) is 1.41. The number of halogens is 1. The third-order valence-corrected chi connectivity index (χ3v) is 2.73. The first-order valence-corrected chi connectivity index (χ1v) is 4.46. The Morgan fingerprint density at radius 1 is 1.33 bits per heavy atom. The summed E-state index contributed by atoms with van der Waals surface area (Å²) in [6.07, 6.45) is 0. The van der Waals surface area contributed by atoms with Gasteiger partial charge in [-0.1, -0.05) is 0 Å². The van der Waals surface area contributed by atoms with Gasteiger partial charge in [-0.2, -0.15) is 0 Å². The van der Waals surface area contributed by atoms with E-state index >= 15 is 0 Å². The Morgan fingerprint density at radius 2 is 1.92 bits per heavy atom. The average molecular weight is 230 g/mol. The molecule has 0 saturated heterocycles. The van der Waals surface area contributed by atoms with Gasteiger partial charge < -0.3 is 10.5 Å². The first kappa shape index (κ1) is 9.39. The van der Waals surface area contributed by atoms with Gasteiger partial charge in [0.25, 0.3) is 0 Å². The van der Waals surface area contributed by atoms with Crippen LogP contribution in [-0.4, -0.2) is 7.11 Å². The first-order valence-electron chi connectivity index (χ1n) is 3.67. The SMILES string of the molecule is COc1cc(Br)c(N)c(C)c1C. The van der Waals surface area contributed by atoms with Gasteiger partial charge in [0.2, 0.25) is 0 Å². The molecule has 66 valence electrons. The normalized spacial score (nSPS) is 10.0. The molecule has 0 aliphatic carbocycles. The smallest absolute Gasteiger partial charge is 0.123 e. The van der Waals surface area contributed by atoms with Crippen molar-refractivity contribution in [2.24, 2.45) is 0 Å². The van der Waals surface area contributed by atoms with Gasteiger partial charge in [0.15, 0.2) is 0 Å². The van der Waals surface area contributed by atoms with Crippen molar-refractivity contribution in [3.63, 3.8) is 0 Å². The van der Waals surface area contributed by atoms with Gasteiger partial charge in [0, 0.05) is 10.2 Å². The summed E-state index contributed by atoms with van der Waals surface area (Å²) < 4.78 is 6.07. The molecule has 0 atom stereocenters. The Hall–Kier alpha value is -0.700. The van der Waals surface area contributed by atoms with Crippen LogP contribution in [0.5, 0.6) is 5.75 Å². The molecular weight excluding hydrogens is 218 g/mol. The van der Waals surface area contributed by atoms with Crippen LogP contribution in [0.3, 0.4) is 0 Å². The lowest BCUT2D eigenvalue weighted by molar-refractivity contribution is 0.411. The second kappa shape index (κ2) is 3.35. The fourth-order valence-corrected chi connectivity index (χ4v) is 1.58. The van der Waals surface area contributed by atoms with E-state index in [1.165, 1.54) is 0 Å². The van der Waals surface area contributed by atoms with Crippen LogP contribution in [0.2, 0.25) is 0 Å². The first-order chi connectivity index (χ1) is 5.57. The molecule has 0 spiro atoms. The highest BCUT2D eigenvalue weighted by Crippen LogP contribution is 2.32. The maximum Gasteiger partial charge on any atom is 0.123 e. The number of nitrogens with two attached hydrogens (primary N) is 1. The molecule has 0 amide bonds. The minimum absolute atomic E-state index is 0.785. The molecule has 2 nitrogen and oxygen atoms in total. The Kier molecular flexibility index (Phi) is 2.62. The van der Waals surface area contributed by atoms with E-state index in [1.54, 1.807) is 7.11 Å². The largest absolute Gasteiger partial charge is 0.496 e. The van der Waals surface area contributed by atoms with Gasteiger partial charge in [-0.05, 0) is 47.0 Å². The van der Waals surface area contributed by atoms with Crippen molar-refractivity contribution in [2.45, 2.75) is 13.8 Å². The molecule has 0 aromatic heterocycles. The summed E-state index contributed by atoms with van der Waals surface area (Å²) in [6, 6.07) is 1.89. The highest BCUT2D eigenvalue weighted by Gasteiger charge is 2.07. The van der Waals surface area contributed by atoms with Crippen molar-refractivity contribution < 1.29 is 4.74 Å². The van der Waals surface area contributed by atoms with Crippen molar-refractivity contribution in [1.29, 1.82) is 0 Å². The molecule has 12 heavy (non-hydrogen) atoms. The van der Waals surface area contributed by atoms with Crippen molar-refractivity contribution in [3.8, 4) is 5.75 Å². The monoisotopic (exact) mass is 229 g/mol. The number of anilines is 1. The van der Waals surface area contributed by atoms with E-state index in [-0.39, 0.29) is 0 Å². The van der Waals surface area contributed by atoms with Gasteiger partial charge in [-0.25, -0.2) is 0 Å². The lowest BCUT2D eigenvalue weighted by Gasteiger charge is -2.11. The molecular formula is C9H12BrNO. The summed E-state index contributed by atoms with van der Waals surface area (Å²) in [7, 11) is 1.66. The minimum Gasteiger partial charge on any atom is -0.496 e. The molecule has 0 saturated carbocycles. The third-order valence-electron chi connectivity index (χ3n) is 2.07. The molecule has 0 heterocycles. The molecule has 0 fully saturated rings. The number of rotatable bonds is 1. The van der Waals surface area contributed by atoms with Crippen molar-refractivity contribution >= 4 is 21.6 Å². The Balaban J connectivity index is 3.39. The lowest BCUT2D eigenvalue weighted by atomic mass is 10.1. The van der Waals surface area contributed by atoms with E-state index in [9.17, 15) is 0 Å². The maximum atomic E-state index is 5.80. The van der Waals surface area contributed by atoms with E-state index in [0.717, 1.165) is 27.0 Å². The topological polar surface area (TPSA) is 35.2 Å². The number of ether oxygens (including phenoxy) is 1. The summed E-state index contributed by atoms with van der Waals surface area (Å²) in [6.45, 7) is 3.98. The predicted octanol–water partition coefficient (Wildman–Crippen LogP) is 2.66. The van der Waals surface area contributed by atoms with Crippen LogP contribution in [0.1, 0.15) is 11.1 Å². The fourth-order valence-electron chi connectivity index (χ4n) is 1.08. The Bertz CT molecular complexity index is 310. The quantitative estimate of drug-likeness (QED) is 0.752. The zero-order valence-corrected chi connectivity index (χ0v) is 9.03. The molecule has 0 radical (unpaired) electrons. The minimum atomic E-state index is 0.785. The summed E-state index contributed by atoms with van der Waals surface area (Å²) in [5.41, 5.74) is 8.76. The van der Waals surface area contributed by atoms with Crippen LogP contribution in [0.15, 0.2) is 10.5 Å².